The number of carbonyl (C=O) groups excluding carboxylic acids is 2. The third kappa shape index (κ3) is 5.54. The van der Waals surface area contributed by atoms with E-state index in [9.17, 15) is 14.7 Å². The van der Waals surface area contributed by atoms with E-state index < -0.39 is 17.7 Å². The lowest BCUT2D eigenvalue weighted by atomic mass is 9.95. The quantitative estimate of drug-likeness (QED) is 0.208. The number of hydrogen-bond acceptors (Lipinski definition) is 6. The molecule has 2 aromatic rings. The summed E-state index contributed by atoms with van der Waals surface area (Å²) in [5.41, 5.74) is 1.05. The van der Waals surface area contributed by atoms with E-state index in [0.717, 1.165) is 12.8 Å². The van der Waals surface area contributed by atoms with Crippen LogP contribution in [0.2, 0.25) is 5.02 Å². The number of halogens is 1. The minimum Gasteiger partial charge on any atom is -0.507 e. The molecule has 0 aliphatic carbocycles. The highest BCUT2D eigenvalue weighted by molar-refractivity contribution is 6.46. The second-order valence-corrected chi connectivity index (χ2v) is 8.39. The third-order valence-corrected chi connectivity index (χ3v) is 5.92. The molecule has 0 aromatic heterocycles. The van der Waals surface area contributed by atoms with Gasteiger partial charge in [-0.2, -0.15) is 0 Å². The largest absolute Gasteiger partial charge is 0.507 e. The van der Waals surface area contributed by atoms with Crippen molar-refractivity contribution in [2.24, 2.45) is 0 Å². The van der Waals surface area contributed by atoms with Crippen LogP contribution in [0.25, 0.3) is 5.76 Å². The highest BCUT2D eigenvalue weighted by atomic mass is 35.5. The Morgan fingerprint density at radius 3 is 2.41 bits per heavy atom. The van der Waals surface area contributed by atoms with Gasteiger partial charge in [-0.25, -0.2) is 0 Å². The molecule has 3 rings (SSSR count). The summed E-state index contributed by atoms with van der Waals surface area (Å²) in [5.74, 6) is -0.594. The number of benzene rings is 2. The molecule has 182 valence electrons. The van der Waals surface area contributed by atoms with E-state index >= 15 is 0 Å². The number of amides is 1. The average molecular weight is 488 g/mol. The van der Waals surface area contributed by atoms with E-state index in [1.165, 1.54) is 12.0 Å². The standard InChI is InChI=1S/C26H30ClNO6/c1-4-5-15-34-20-12-9-18(16-21(20)33-3)23-22(24(29)17-7-10-19(27)11-8-17)25(30)26(31)28(23)13-6-14-32-2/h7-12,16,23,29H,4-6,13-15H2,1-3H3/b24-22-. The van der Waals surface area contributed by atoms with Gasteiger partial charge in [-0.3, -0.25) is 9.59 Å². The molecule has 1 N–H and O–H groups in total. The second-order valence-electron chi connectivity index (χ2n) is 7.96. The van der Waals surface area contributed by atoms with Gasteiger partial charge < -0.3 is 24.2 Å². The maximum atomic E-state index is 13.1. The molecule has 1 saturated heterocycles. The van der Waals surface area contributed by atoms with E-state index in [1.807, 2.05) is 0 Å². The number of likely N-dealkylation sites (tertiary alicyclic amines) is 1. The zero-order valence-corrected chi connectivity index (χ0v) is 20.4. The lowest BCUT2D eigenvalue weighted by molar-refractivity contribution is -0.140. The van der Waals surface area contributed by atoms with Crippen molar-refractivity contribution in [2.75, 3.05) is 34.0 Å². The van der Waals surface area contributed by atoms with E-state index in [1.54, 1.807) is 49.6 Å². The molecule has 8 heteroatoms. The molecule has 0 radical (unpaired) electrons. The van der Waals surface area contributed by atoms with Crippen molar-refractivity contribution in [3.8, 4) is 11.5 Å². The summed E-state index contributed by atoms with van der Waals surface area (Å²) < 4.78 is 16.5. The molecule has 1 fully saturated rings. The van der Waals surface area contributed by atoms with Gasteiger partial charge in [-0.1, -0.05) is 31.0 Å². The summed E-state index contributed by atoms with van der Waals surface area (Å²) >= 11 is 5.98. The monoisotopic (exact) mass is 487 g/mol. The van der Waals surface area contributed by atoms with E-state index in [0.29, 0.717) is 47.3 Å². The fourth-order valence-corrected chi connectivity index (χ4v) is 4.03. The van der Waals surface area contributed by atoms with Crippen molar-refractivity contribution in [2.45, 2.75) is 32.2 Å². The van der Waals surface area contributed by atoms with Crippen molar-refractivity contribution in [1.29, 1.82) is 0 Å². The minimum atomic E-state index is -0.786. The zero-order chi connectivity index (χ0) is 24.7. The van der Waals surface area contributed by atoms with Crippen LogP contribution >= 0.6 is 11.6 Å². The van der Waals surface area contributed by atoms with Gasteiger partial charge in [-0.05, 0) is 54.8 Å². The van der Waals surface area contributed by atoms with Crippen molar-refractivity contribution < 1.29 is 28.9 Å². The van der Waals surface area contributed by atoms with Crippen LogP contribution in [-0.2, 0) is 14.3 Å². The average Bonchev–Trinajstić information content (AvgIpc) is 3.09. The molecule has 7 nitrogen and oxygen atoms in total. The molecule has 0 saturated carbocycles. The molecule has 1 unspecified atom stereocenters. The number of hydrogen-bond donors (Lipinski definition) is 1. The predicted octanol–water partition coefficient (Wildman–Crippen LogP) is 4.99. The van der Waals surface area contributed by atoms with Gasteiger partial charge in [0.05, 0.1) is 25.3 Å². The Hall–Kier alpha value is -3.03. The molecule has 2 aromatic carbocycles. The van der Waals surface area contributed by atoms with Gasteiger partial charge in [0.25, 0.3) is 11.7 Å². The summed E-state index contributed by atoms with van der Waals surface area (Å²) in [4.78, 5) is 27.5. The normalized spacial score (nSPS) is 17.3. The van der Waals surface area contributed by atoms with Gasteiger partial charge in [0.15, 0.2) is 11.5 Å². The highest BCUT2D eigenvalue weighted by Crippen LogP contribution is 2.42. The Morgan fingerprint density at radius 2 is 1.76 bits per heavy atom. The van der Waals surface area contributed by atoms with Crippen molar-refractivity contribution in [3.05, 3.63) is 64.2 Å². The summed E-state index contributed by atoms with van der Waals surface area (Å²) in [7, 11) is 3.11. The summed E-state index contributed by atoms with van der Waals surface area (Å²) in [6.07, 6.45) is 2.45. The Labute approximate surface area is 204 Å². The van der Waals surface area contributed by atoms with Gasteiger partial charge in [0.2, 0.25) is 0 Å². The number of ketones is 1. The van der Waals surface area contributed by atoms with E-state index in [4.69, 9.17) is 25.8 Å². The molecule has 1 atom stereocenters. The molecule has 1 heterocycles. The second kappa shape index (κ2) is 11.9. The zero-order valence-electron chi connectivity index (χ0n) is 19.7. The maximum Gasteiger partial charge on any atom is 0.295 e. The first-order valence-corrected chi connectivity index (χ1v) is 11.6. The van der Waals surface area contributed by atoms with E-state index in [2.05, 4.69) is 6.92 Å². The van der Waals surface area contributed by atoms with Gasteiger partial charge in [0, 0.05) is 30.8 Å². The number of aliphatic hydroxyl groups is 1. The maximum absolute atomic E-state index is 13.1. The van der Waals surface area contributed by atoms with Gasteiger partial charge in [0.1, 0.15) is 5.76 Å². The molecule has 0 spiro atoms. The molecule has 0 bridgehead atoms. The molecule has 1 aliphatic heterocycles. The van der Waals surface area contributed by atoms with E-state index in [-0.39, 0.29) is 17.9 Å². The van der Waals surface area contributed by atoms with Crippen LogP contribution in [0.4, 0.5) is 0 Å². The van der Waals surface area contributed by atoms with Crippen molar-refractivity contribution >= 4 is 29.1 Å². The molecular formula is C26H30ClNO6. The number of methoxy groups -OCH3 is 2. The number of carbonyl (C=O) groups is 2. The first kappa shape index (κ1) is 25.6. The highest BCUT2D eigenvalue weighted by Gasteiger charge is 2.46. The van der Waals surface area contributed by atoms with Crippen LogP contribution in [0.5, 0.6) is 11.5 Å². The van der Waals surface area contributed by atoms with Crippen LogP contribution < -0.4 is 9.47 Å². The first-order chi connectivity index (χ1) is 16.4. The summed E-state index contributed by atoms with van der Waals surface area (Å²) in [6, 6.07) is 11.0. The number of Topliss-reactive ketones (excluding diaryl/α,β-unsaturated/α-hetero) is 1. The first-order valence-electron chi connectivity index (χ1n) is 11.3. The van der Waals surface area contributed by atoms with Crippen molar-refractivity contribution in [1.82, 2.24) is 4.90 Å². The Kier molecular flexibility index (Phi) is 8.96. The Bertz CT molecular complexity index is 1050. The van der Waals surface area contributed by atoms with Gasteiger partial charge in [-0.15, -0.1) is 0 Å². The SMILES string of the molecule is CCCCOc1ccc(C2/C(=C(/O)c3ccc(Cl)cc3)C(=O)C(=O)N2CCCOC)cc1OC. The smallest absolute Gasteiger partial charge is 0.295 e. The summed E-state index contributed by atoms with van der Waals surface area (Å²) in [5, 5.41) is 11.6. The van der Waals surface area contributed by atoms with Crippen molar-refractivity contribution in [3.63, 3.8) is 0 Å². The molecule has 1 amide bonds. The topological polar surface area (TPSA) is 85.3 Å². The summed E-state index contributed by atoms with van der Waals surface area (Å²) in [6.45, 7) is 3.35. The number of aliphatic hydroxyl groups excluding tert-OH is 1. The minimum absolute atomic E-state index is 0.0199. The number of ether oxygens (including phenoxy) is 3. The molecule has 1 aliphatic rings. The lowest BCUT2D eigenvalue weighted by Gasteiger charge is -2.26. The van der Waals surface area contributed by atoms with Gasteiger partial charge >= 0.3 is 0 Å². The number of nitrogens with zero attached hydrogens (tertiary/aromatic N) is 1. The number of unbranched alkanes of at least 4 members (excludes halogenated alkanes) is 1. The third-order valence-electron chi connectivity index (χ3n) is 5.66. The number of rotatable bonds is 11. The molecule has 34 heavy (non-hydrogen) atoms. The van der Waals surface area contributed by atoms with Crippen LogP contribution in [0.1, 0.15) is 43.4 Å². The van der Waals surface area contributed by atoms with Crippen LogP contribution in [0.15, 0.2) is 48.0 Å². The fourth-order valence-electron chi connectivity index (χ4n) is 3.90. The predicted molar refractivity (Wildman–Crippen MR) is 130 cm³/mol. The molecular weight excluding hydrogens is 458 g/mol. The fraction of sp³-hybridized carbons (Fsp3) is 0.385. The lowest BCUT2D eigenvalue weighted by Crippen LogP contribution is -2.31. The Morgan fingerprint density at radius 1 is 1.03 bits per heavy atom. The van der Waals surface area contributed by atoms with Crippen LogP contribution in [-0.4, -0.2) is 55.7 Å². The van der Waals surface area contributed by atoms with Crippen LogP contribution in [0, 0.1) is 0 Å². The Balaban J connectivity index is 2.08. The van der Waals surface area contributed by atoms with Crippen LogP contribution in [0.3, 0.4) is 0 Å².